The van der Waals surface area contributed by atoms with Gasteiger partial charge in [0.25, 0.3) is 11.8 Å². The van der Waals surface area contributed by atoms with Crippen LogP contribution < -0.4 is 10.9 Å². The monoisotopic (exact) mass is 270 g/mol. The van der Waals surface area contributed by atoms with Crippen molar-refractivity contribution in [3.63, 3.8) is 0 Å². The average Bonchev–Trinajstić information content (AvgIpc) is 2.53. The number of nitrogens with zero attached hydrogens (tertiary/aromatic N) is 2. The first-order chi connectivity index (χ1) is 9.70. The van der Waals surface area contributed by atoms with Gasteiger partial charge in [-0.3, -0.25) is 25.4 Å². The molecule has 0 fully saturated rings. The molecule has 0 aliphatic heterocycles. The lowest BCUT2D eigenvalue weighted by molar-refractivity contribution is 0.0843. The number of rotatable bonds is 3. The summed E-state index contributed by atoms with van der Waals surface area (Å²) >= 11 is 0. The molecule has 6 heteroatoms. The van der Waals surface area contributed by atoms with E-state index in [-0.39, 0.29) is 11.6 Å². The molecule has 102 valence electrons. The van der Waals surface area contributed by atoms with Crippen LogP contribution in [0.15, 0.2) is 42.9 Å². The van der Waals surface area contributed by atoms with E-state index in [0.717, 1.165) is 12.0 Å². The van der Waals surface area contributed by atoms with Gasteiger partial charge in [-0.25, -0.2) is 4.98 Å². The lowest BCUT2D eigenvalue weighted by Crippen LogP contribution is -2.41. The van der Waals surface area contributed by atoms with Crippen molar-refractivity contribution in [3.05, 3.63) is 59.7 Å². The number of carbonyl (C=O) groups is 2. The van der Waals surface area contributed by atoms with Crippen LogP contribution in [-0.4, -0.2) is 21.8 Å². The maximum Gasteiger partial charge on any atom is 0.289 e. The molecule has 0 saturated carbocycles. The predicted molar refractivity (Wildman–Crippen MR) is 72.8 cm³/mol. The number of hydrazine groups is 1. The van der Waals surface area contributed by atoms with Gasteiger partial charge in [0.15, 0.2) is 0 Å². The maximum absolute atomic E-state index is 11.8. The number of aromatic nitrogens is 2. The standard InChI is InChI=1S/C14H14N4O2/c1-2-10-3-5-11(6-4-10)13(19)17-18-14(20)12-9-15-7-8-16-12/h3-9H,2H2,1H3,(H,17,19)(H,18,20). The number of amides is 2. The maximum atomic E-state index is 11.8. The molecule has 2 aromatic rings. The summed E-state index contributed by atoms with van der Waals surface area (Å²) in [7, 11) is 0. The second-order valence-electron chi connectivity index (χ2n) is 4.05. The van der Waals surface area contributed by atoms with Crippen LogP contribution in [-0.2, 0) is 6.42 Å². The van der Waals surface area contributed by atoms with Crippen LogP contribution in [0.3, 0.4) is 0 Å². The molecular formula is C14H14N4O2. The highest BCUT2D eigenvalue weighted by molar-refractivity contribution is 5.98. The quantitative estimate of drug-likeness (QED) is 0.818. The van der Waals surface area contributed by atoms with Gasteiger partial charge in [0, 0.05) is 18.0 Å². The van der Waals surface area contributed by atoms with Crippen LogP contribution in [0.2, 0.25) is 0 Å². The topological polar surface area (TPSA) is 84.0 Å². The van der Waals surface area contributed by atoms with Crippen LogP contribution in [0.1, 0.15) is 33.3 Å². The SMILES string of the molecule is CCc1ccc(C(=O)NNC(=O)c2cnccn2)cc1. The normalized spacial score (nSPS) is 9.85. The molecule has 1 aromatic heterocycles. The Morgan fingerprint density at radius 2 is 1.75 bits per heavy atom. The minimum Gasteiger partial charge on any atom is -0.267 e. The molecule has 0 bridgehead atoms. The molecule has 2 amide bonds. The second-order valence-corrected chi connectivity index (χ2v) is 4.05. The Bertz CT molecular complexity index is 596. The zero-order chi connectivity index (χ0) is 14.4. The Morgan fingerprint density at radius 1 is 1.05 bits per heavy atom. The minimum absolute atomic E-state index is 0.133. The highest BCUT2D eigenvalue weighted by Crippen LogP contribution is 2.04. The zero-order valence-electron chi connectivity index (χ0n) is 11.0. The van der Waals surface area contributed by atoms with Gasteiger partial charge in [0.2, 0.25) is 0 Å². The zero-order valence-corrected chi connectivity index (χ0v) is 11.0. The fourth-order valence-electron chi connectivity index (χ4n) is 1.56. The minimum atomic E-state index is -0.517. The van der Waals surface area contributed by atoms with Crippen molar-refractivity contribution in [3.8, 4) is 0 Å². The van der Waals surface area contributed by atoms with Gasteiger partial charge in [-0.15, -0.1) is 0 Å². The van der Waals surface area contributed by atoms with E-state index in [1.165, 1.54) is 18.6 Å². The summed E-state index contributed by atoms with van der Waals surface area (Å²) in [5.74, 6) is -0.901. The summed E-state index contributed by atoms with van der Waals surface area (Å²) in [6, 6.07) is 7.17. The van der Waals surface area contributed by atoms with Crippen molar-refractivity contribution in [2.75, 3.05) is 0 Å². The first-order valence-corrected chi connectivity index (χ1v) is 6.16. The fraction of sp³-hybridized carbons (Fsp3) is 0.143. The molecule has 0 aliphatic rings. The Kier molecular flexibility index (Phi) is 4.39. The van der Waals surface area contributed by atoms with Crippen LogP contribution in [0.4, 0.5) is 0 Å². The smallest absolute Gasteiger partial charge is 0.267 e. The van der Waals surface area contributed by atoms with Crippen molar-refractivity contribution in [1.82, 2.24) is 20.8 Å². The van der Waals surface area contributed by atoms with E-state index in [4.69, 9.17) is 0 Å². The van der Waals surface area contributed by atoms with Crippen LogP contribution in [0.5, 0.6) is 0 Å². The fourth-order valence-corrected chi connectivity index (χ4v) is 1.56. The Balaban J connectivity index is 1.93. The molecule has 0 saturated heterocycles. The molecule has 6 nitrogen and oxygen atoms in total. The summed E-state index contributed by atoms with van der Waals surface area (Å²) in [4.78, 5) is 31.1. The van der Waals surface area contributed by atoms with Crippen molar-refractivity contribution in [1.29, 1.82) is 0 Å². The number of hydrogen-bond donors (Lipinski definition) is 2. The third-order valence-corrected chi connectivity index (χ3v) is 2.71. The van der Waals surface area contributed by atoms with Gasteiger partial charge in [0.05, 0.1) is 6.20 Å². The van der Waals surface area contributed by atoms with Crippen LogP contribution in [0.25, 0.3) is 0 Å². The third-order valence-electron chi connectivity index (χ3n) is 2.71. The van der Waals surface area contributed by atoms with Crippen LogP contribution >= 0.6 is 0 Å². The summed E-state index contributed by atoms with van der Waals surface area (Å²) in [5.41, 5.74) is 6.36. The number of hydrogen-bond acceptors (Lipinski definition) is 4. The van der Waals surface area contributed by atoms with Gasteiger partial charge >= 0.3 is 0 Å². The Hall–Kier alpha value is -2.76. The Labute approximate surface area is 116 Å². The molecule has 20 heavy (non-hydrogen) atoms. The van der Waals surface area contributed by atoms with Crippen molar-refractivity contribution >= 4 is 11.8 Å². The van der Waals surface area contributed by atoms with Gasteiger partial charge in [-0.05, 0) is 24.1 Å². The van der Waals surface area contributed by atoms with E-state index in [2.05, 4.69) is 20.8 Å². The summed E-state index contributed by atoms with van der Waals surface area (Å²) < 4.78 is 0. The molecule has 2 N–H and O–H groups in total. The van der Waals surface area contributed by atoms with Gasteiger partial charge in [0.1, 0.15) is 5.69 Å². The second kappa shape index (κ2) is 6.42. The molecule has 0 unspecified atom stereocenters. The lowest BCUT2D eigenvalue weighted by atomic mass is 10.1. The van der Waals surface area contributed by atoms with Crippen LogP contribution in [0, 0.1) is 0 Å². The Morgan fingerprint density at radius 3 is 2.35 bits per heavy atom. The molecule has 2 rings (SSSR count). The largest absolute Gasteiger partial charge is 0.289 e. The highest BCUT2D eigenvalue weighted by atomic mass is 16.2. The molecule has 0 aliphatic carbocycles. The predicted octanol–water partition coefficient (Wildman–Crippen LogP) is 1.11. The molecule has 0 atom stereocenters. The molecular weight excluding hydrogens is 256 g/mol. The lowest BCUT2D eigenvalue weighted by Gasteiger charge is -2.07. The third kappa shape index (κ3) is 3.38. The molecule has 1 aromatic carbocycles. The van der Waals surface area contributed by atoms with E-state index in [1.54, 1.807) is 12.1 Å². The number of nitrogens with one attached hydrogen (secondary N) is 2. The number of benzene rings is 1. The van der Waals surface area contributed by atoms with Crippen molar-refractivity contribution in [2.24, 2.45) is 0 Å². The summed E-state index contributed by atoms with van der Waals surface area (Å²) in [6.07, 6.45) is 5.09. The van der Waals surface area contributed by atoms with Gasteiger partial charge < -0.3 is 0 Å². The first kappa shape index (κ1) is 13.7. The number of carbonyl (C=O) groups excluding carboxylic acids is 2. The van der Waals surface area contributed by atoms with E-state index in [0.29, 0.717) is 5.56 Å². The van der Waals surface area contributed by atoms with Gasteiger partial charge in [-0.2, -0.15) is 0 Å². The van der Waals surface area contributed by atoms with E-state index in [1.807, 2.05) is 19.1 Å². The molecule has 0 spiro atoms. The molecule has 1 heterocycles. The summed E-state index contributed by atoms with van der Waals surface area (Å²) in [6.45, 7) is 2.04. The highest BCUT2D eigenvalue weighted by Gasteiger charge is 2.09. The van der Waals surface area contributed by atoms with Crippen molar-refractivity contribution in [2.45, 2.75) is 13.3 Å². The number of aryl methyl sites for hydroxylation is 1. The van der Waals surface area contributed by atoms with Crippen molar-refractivity contribution < 1.29 is 9.59 Å². The van der Waals surface area contributed by atoms with Gasteiger partial charge in [-0.1, -0.05) is 19.1 Å². The van der Waals surface area contributed by atoms with E-state index in [9.17, 15) is 9.59 Å². The van der Waals surface area contributed by atoms with E-state index < -0.39 is 5.91 Å². The average molecular weight is 270 g/mol. The summed E-state index contributed by atoms with van der Waals surface area (Å²) in [5, 5.41) is 0. The molecule has 0 radical (unpaired) electrons. The van der Waals surface area contributed by atoms with E-state index >= 15 is 0 Å². The first-order valence-electron chi connectivity index (χ1n) is 6.16.